The summed E-state index contributed by atoms with van der Waals surface area (Å²) in [5, 5.41) is 7.41. The van der Waals surface area contributed by atoms with Crippen LogP contribution in [-0.2, 0) is 17.9 Å². The molecule has 2 rings (SSSR count). The van der Waals surface area contributed by atoms with Gasteiger partial charge in [-0.25, -0.2) is 0 Å². The molecule has 1 aromatic carbocycles. The average molecular weight is 287 g/mol. The van der Waals surface area contributed by atoms with Gasteiger partial charge in [0.25, 0.3) is 0 Å². The minimum Gasteiger partial charge on any atom is -0.359 e. The van der Waals surface area contributed by atoms with Gasteiger partial charge in [0.05, 0.1) is 5.52 Å². The minimum atomic E-state index is 0.105. The van der Waals surface area contributed by atoms with Crippen LogP contribution in [0.5, 0.6) is 0 Å². The van der Waals surface area contributed by atoms with Crippen molar-refractivity contribution in [2.45, 2.75) is 45.8 Å². The van der Waals surface area contributed by atoms with E-state index in [1.54, 1.807) is 7.05 Å². The zero-order valence-corrected chi connectivity index (χ0v) is 13.1. The number of benzene rings is 1. The molecule has 0 unspecified atom stereocenters. The normalized spacial score (nSPS) is 11.2. The third-order valence-electron chi connectivity index (χ3n) is 3.65. The van der Waals surface area contributed by atoms with Crippen molar-refractivity contribution in [2.24, 2.45) is 0 Å². The first kappa shape index (κ1) is 15.6. The highest BCUT2D eigenvalue weighted by Gasteiger charge is 2.07. The van der Waals surface area contributed by atoms with Crippen LogP contribution in [0.4, 0.5) is 0 Å². The SMILES string of the molecule is CNC(=O)CCCn1ccc2cccc(CNC(C)C)c21. The maximum atomic E-state index is 11.3. The van der Waals surface area contributed by atoms with Crippen molar-refractivity contribution in [1.29, 1.82) is 0 Å². The Morgan fingerprint density at radius 1 is 1.29 bits per heavy atom. The standard InChI is InChI=1S/C17H25N3O/c1-13(2)19-12-15-7-4-6-14-9-11-20(17(14)15)10-5-8-16(21)18-3/h4,6-7,9,11,13,19H,5,8,10,12H2,1-3H3,(H,18,21). The summed E-state index contributed by atoms with van der Waals surface area (Å²) in [5.41, 5.74) is 2.59. The van der Waals surface area contributed by atoms with E-state index in [0.29, 0.717) is 12.5 Å². The van der Waals surface area contributed by atoms with E-state index in [9.17, 15) is 4.79 Å². The molecule has 114 valence electrons. The molecule has 0 spiro atoms. The number of amides is 1. The smallest absolute Gasteiger partial charge is 0.219 e. The fraction of sp³-hybridized carbons (Fsp3) is 0.471. The molecule has 4 nitrogen and oxygen atoms in total. The lowest BCUT2D eigenvalue weighted by molar-refractivity contribution is -0.120. The van der Waals surface area contributed by atoms with E-state index in [-0.39, 0.29) is 5.91 Å². The van der Waals surface area contributed by atoms with E-state index in [4.69, 9.17) is 0 Å². The first-order valence-electron chi connectivity index (χ1n) is 7.62. The number of hydrogen-bond acceptors (Lipinski definition) is 2. The van der Waals surface area contributed by atoms with Crippen molar-refractivity contribution < 1.29 is 4.79 Å². The Bertz CT molecular complexity index is 601. The number of fused-ring (bicyclic) bond motifs is 1. The molecular formula is C17H25N3O. The Kier molecular flexibility index (Phi) is 5.39. The monoisotopic (exact) mass is 287 g/mol. The van der Waals surface area contributed by atoms with Gasteiger partial charge in [0.2, 0.25) is 5.91 Å². The summed E-state index contributed by atoms with van der Waals surface area (Å²) in [6.45, 7) is 6.05. The molecule has 0 saturated heterocycles. The van der Waals surface area contributed by atoms with Crippen LogP contribution >= 0.6 is 0 Å². The topological polar surface area (TPSA) is 46.1 Å². The molecule has 4 heteroatoms. The molecule has 0 aliphatic carbocycles. The van der Waals surface area contributed by atoms with Crippen molar-refractivity contribution in [3.8, 4) is 0 Å². The Hall–Kier alpha value is -1.81. The number of hydrogen-bond donors (Lipinski definition) is 2. The number of para-hydroxylation sites is 1. The number of aryl methyl sites for hydroxylation is 1. The second-order valence-electron chi connectivity index (χ2n) is 5.68. The minimum absolute atomic E-state index is 0.105. The third kappa shape index (κ3) is 4.08. The Morgan fingerprint density at radius 3 is 2.81 bits per heavy atom. The maximum Gasteiger partial charge on any atom is 0.219 e. The van der Waals surface area contributed by atoms with Crippen molar-refractivity contribution in [1.82, 2.24) is 15.2 Å². The highest BCUT2D eigenvalue weighted by Crippen LogP contribution is 2.21. The number of rotatable bonds is 7. The molecular weight excluding hydrogens is 262 g/mol. The summed E-state index contributed by atoms with van der Waals surface area (Å²) >= 11 is 0. The lowest BCUT2D eigenvalue weighted by Gasteiger charge is -2.12. The van der Waals surface area contributed by atoms with Crippen LogP contribution in [0.3, 0.4) is 0 Å². The quantitative estimate of drug-likeness (QED) is 0.822. The van der Waals surface area contributed by atoms with Crippen LogP contribution in [0.1, 0.15) is 32.3 Å². The number of nitrogens with one attached hydrogen (secondary N) is 2. The van der Waals surface area contributed by atoms with Crippen LogP contribution in [0, 0.1) is 0 Å². The molecule has 0 saturated carbocycles. The number of nitrogens with zero attached hydrogens (tertiary/aromatic N) is 1. The highest BCUT2D eigenvalue weighted by atomic mass is 16.1. The first-order valence-corrected chi connectivity index (χ1v) is 7.62. The second kappa shape index (κ2) is 7.27. The number of carbonyl (C=O) groups is 1. The highest BCUT2D eigenvalue weighted by molar-refractivity contribution is 5.83. The second-order valence-corrected chi connectivity index (χ2v) is 5.68. The van der Waals surface area contributed by atoms with Crippen LogP contribution in [-0.4, -0.2) is 23.6 Å². The molecule has 0 atom stereocenters. The van der Waals surface area contributed by atoms with Gasteiger partial charge in [0.15, 0.2) is 0 Å². The zero-order valence-electron chi connectivity index (χ0n) is 13.1. The van der Waals surface area contributed by atoms with Crippen molar-refractivity contribution >= 4 is 16.8 Å². The van der Waals surface area contributed by atoms with E-state index < -0.39 is 0 Å². The van der Waals surface area contributed by atoms with Gasteiger partial charge < -0.3 is 15.2 Å². The van der Waals surface area contributed by atoms with Gasteiger partial charge >= 0.3 is 0 Å². The Morgan fingerprint density at radius 2 is 2.10 bits per heavy atom. The van der Waals surface area contributed by atoms with Crippen molar-refractivity contribution in [2.75, 3.05) is 7.05 Å². The predicted octanol–water partition coefficient (Wildman–Crippen LogP) is 2.67. The van der Waals surface area contributed by atoms with Gasteiger partial charge in [0.1, 0.15) is 0 Å². The van der Waals surface area contributed by atoms with Crippen molar-refractivity contribution in [3.63, 3.8) is 0 Å². The fourth-order valence-electron chi connectivity index (χ4n) is 2.52. The number of carbonyl (C=O) groups excluding carboxylic acids is 1. The third-order valence-corrected chi connectivity index (χ3v) is 3.65. The van der Waals surface area contributed by atoms with Gasteiger partial charge in [-0.15, -0.1) is 0 Å². The molecule has 2 aromatic rings. The summed E-state index contributed by atoms with van der Waals surface area (Å²) in [7, 11) is 1.68. The fourth-order valence-corrected chi connectivity index (χ4v) is 2.52. The maximum absolute atomic E-state index is 11.3. The molecule has 21 heavy (non-hydrogen) atoms. The van der Waals surface area contributed by atoms with Gasteiger partial charge in [-0.3, -0.25) is 4.79 Å². The molecule has 0 aliphatic rings. The van der Waals surface area contributed by atoms with E-state index in [0.717, 1.165) is 19.5 Å². The zero-order chi connectivity index (χ0) is 15.2. The summed E-state index contributed by atoms with van der Waals surface area (Å²) in [6.07, 6.45) is 3.55. The average Bonchev–Trinajstić information content (AvgIpc) is 2.88. The van der Waals surface area contributed by atoms with Crippen molar-refractivity contribution in [3.05, 3.63) is 36.0 Å². The van der Waals surface area contributed by atoms with Gasteiger partial charge in [-0.2, -0.15) is 0 Å². The van der Waals surface area contributed by atoms with E-state index in [2.05, 4.69) is 59.5 Å². The molecule has 2 N–H and O–H groups in total. The van der Waals surface area contributed by atoms with Gasteiger partial charge in [-0.05, 0) is 23.4 Å². The van der Waals surface area contributed by atoms with Gasteiger partial charge in [0, 0.05) is 38.8 Å². The Labute approximate surface area is 126 Å². The molecule has 0 aliphatic heterocycles. The van der Waals surface area contributed by atoms with Crippen LogP contribution in [0.2, 0.25) is 0 Å². The lowest BCUT2D eigenvalue weighted by Crippen LogP contribution is -2.22. The van der Waals surface area contributed by atoms with E-state index >= 15 is 0 Å². The van der Waals surface area contributed by atoms with E-state index in [1.165, 1.54) is 16.5 Å². The largest absolute Gasteiger partial charge is 0.359 e. The first-order chi connectivity index (χ1) is 10.1. The summed E-state index contributed by atoms with van der Waals surface area (Å²) < 4.78 is 2.26. The summed E-state index contributed by atoms with van der Waals surface area (Å²) in [5.74, 6) is 0.105. The van der Waals surface area contributed by atoms with E-state index in [1.807, 2.05) is 0 Å². The van der Waals surface area contributed by atoms with Crippen LogP contribution in [0.15, 0.2) is 30.5 Å². The van der Waals surface area contributed by atoms with Gasteiger partial charge in [-0.1, -0.05) is 32.0 Å². The summed E-state index contributed by atoms with van der Waals surface area (Å²) in [4.78, 5) is 11.3. The number of aromatic nitrogens is 1. The van der Waals surface area contributed by atoms with Crippen LogP contribution in [0.25, 0.3) is 10.9 Å². The lowest BCUT2D eigenvalue weighted by atomic mass is 10.1. The Balaban J connectivity index is 2.14. The molecule has 0 radical (unpaired) electrons. The predicted molar refractivity (Wildman–Crippen MR) is 87.2 cm³/mol. The molecule has 1 heterocycles. The molecule has 1 aromatic heterocycles. The molecule has 1 amide bonds. The van der Waals surface area contributed by atoms with Crippen LogP contribution < -0.4 is 10.6 Å². The molecule has 0 fully saturated rings. The summed E-state index contributed by atoms with van der Waals surface area (Å²) in [6, 6.07) is 9.04. The molecule has 0 bridgehead atoms.